The van der Waals surface area contributed by atoms with Gasteiger partial charge in [0, 0.05) is 13.0 Å². The first kappa shape index (κ1) is 17.0. The van der Waals surface area contributed by atoms with Gasteiger partial charge in [0.1, 0.15) is 11.6 Å². The molecule has 1 atom stereocenters. The number of benzene rings is 2. The molecular weight excluding hydrogens is 293 g/mol. The van der Waals surface area contributed by atoms with Gasteiger partial charge >= 0.3 is 0 Å². The number of amides is 1. The summed E-state index contributed by atoms with van der Waals surface area (Å²) in [5.74, 6) is 0.627. The highest BCUT2D eigenvalue weighted by atomic mass is 19.1. The van der Waals surface area contributed by atoms with Crippen molar-refractivity contribution in [3.8, 4) is 5.75 Å². The fourth-order valence-corrected chi connectivity index (χ4v) is 2.51. The van der Waals surface area contributed by atoms with E-state index in [0.29, 0.717) is 13.0 Å². The summed E-state index contributed by atoms with van der Waals surface area (Å²) in [5, 5.41) is 2.93. The average Bonchev–Trinajstić information content (AvgIpc) is 2.55. The van der Waals surface area contributed by atoms with E-state index in [1.165, 1.54) is 12.1 Å². The molecule has 0 aromatic heterocycles. The minimum atomic E-state index is -0.262. The number of carbonyl (C=O) groups is 1. The van der Waals surface area contributed by atoms with Gasteiger partial charge in [0.15, 0.2) is 0 Å². The Hall–Kier alpha value is -2.36. The molecule has 122 valence electrons. The molecule has 23 heavy (non-hydrogen) atoms. The zero-order valence-corrected chi connectivity index (χ0v) is 13.5. The summed E-state index contributed by atoms with van der Waals surface area (Å²) in [7, 11) is 1.64. The van der Waals surface area contributed by atoms with E-state index in [0.717, 1.165) is 23.3 Å². The number of hydrogen-bond donors (Lipinski definition) is 1. The van der Waals surface area contributed by atoms with E-state index in [2.05, 4.69) is 5.32 Å². The van der Waals surface area contributed by atoms with Crippen LogP contribution in [0, 0.1) is 5.82 Å². The third-order valence-electron chi connectivity index (χ3n) is 3.84. The molecule has 0 fully saturated rings. The van der Waals surface area contributed by atoms with E-state index < -0.39 is 0 Å². The monoisotopic (exact) mass is 315 g/mol. The minimum absolute atomic E-state index is 0.00303. The number of rotatable bonds is 7. The van der Waals surface area contributed by atoms with Gasteiger partial charge in [-0.3, -0.25) is 4.79 Å². The maximum Gasteiger partial charge on any atom is 0.220 e. The standard InChI is InChI=1S/C19H22FNO2/c1-14(15-7-9-17(20)10-8-15)13-19(22)21-12-11-16-5-3-4-6-18(16)23-2/h3-10,14H,11-13H2,1-2H3,(H,21,22). The van der Waals surface area contributed by atoms with Crippen LogP contribution in [0.2, 0.25) is 0 Å². The Labute approximate surface area is 136 Å². The topological polar surface area (TPSA) is 38.3 Å². The Balaban J connectivity index is 1.80. The number of para-hydroxylation sites is 1. The highest BCUT2D eigenvalue weighted by Gasteiger charge is 2.11. The number of methoxy groups -OCH3 is 1. The molecule has 1 amide bonds. The van der Waals surface area contributed by atoms with Crippen LogP contribution in [0.25, 0.3) is 0 Å². The number of hydrogen-bond acceptors (Lipinski definition) is 2. The highest BCUT2D eigenvalue weighted by Crippen LogP contribution is 2.19. The highest BCUT2D eigenvalue weighted by molar-refractivity contribution is 5.76. The zero-order chi connectivity index (χ0) is 16.7. The van der Waals surface area contributed by atoms with Gasteiger partial charge in [-0.25, -0.2) is 4.39 Å². The Morgan fingerprint density at radius 1 is 1.17 bits per heavy atom. The molecule has 2 aromatic rings. The lowest BCUT2D eigenvalue weighted by atomic mass is 9.97. The van der Waals surface area contributed by atoms with Gasteiger partial charge in [-0.15, -0.1) is 0 Å². The number of carbonyl (C=O) groups excluding carboxylic acids is 1. The van der Waals surface area contributed by atoms with E-state index in [1.807, 2.05) is 31.2 Å². The molecule has 0 saturated heterocycles. The predicted molar refractivity (Wildman–Crippen MR) is 89.1 cm³/mol. The normalized spacial score (nSPS) is 11.8. The molecule has 0 bridgehead atoms. The van der Waals surface area contributed by atoms with E-state index >= 15 is 0 Å². The number of halogens is 1. The number of ether oxygens (including phenoxy) is 1. The quantitative estimate of drug-likeness (QED) is 0.846. The van der Waals surface area contributed by atoms with Crippen molar-refractivity contribution in [2.75, 3.05) is 13.7 Å². The van der Waals surface area contributed by atoms with Crippen LogP contribution in [-0.4, -0.2) is 19.6 Å². The third-order valence-corrected chi connectivity index (χ3v) is 3.84. The van der Waals surface area contributed by atoms with Crippen molar-refractivity contribution in [1.82, 2.24) is 5.32 Å². The molecule has 0 heterocycles. The van der Waals surface area contributed by atoms with Gasteiger partial charge in [-0.1, -0.05) is 37.3 Å². The molecule has 3 nitrogen and oxygen atoms in total. The molecule has 4 heteroatoms. The Bertz CT molecular complexity index is 640. The van der Waals surface area contributed by atoms with Crippen molar-refractivity contribution in [3.63, 3.8) is 0 Å². The predicted octanol–water partition coefficient (Wildman–Crippen LogP) is 3.69. The molecule has 0 aliphatic rings. The second-order valence-corrected chi connectivity index (χ2v) is 5.57. The Morgan fingerprint density at radius 2 is 1.87 bits per heavy atom. The zero-order valence-electron chi connectivity index (χ0n) is 13.5. The first-order valence-corrected chi connectivity index (χ1v) is 7.74. The van der Waals surface area contributed by atoms with E-state index in [1.54, 1.807) is 19.2 Å². The lowest BCUT2D eigenvalue weighted by molar-refractivity contribution is -0.121. The summed E-state index contributed by atoms with van der Waals surface area (Å²) < 4.78 is 18.2. The molecule has 1 unspecified atom stereocenters. The van der Waals surface area contributed by atoms with Gasteiger partial charge in [-0.05, 0) is 41.7 Å². The summed E-state index contributed by atoms with van der Waals surface area (Å²) in [6, 6.07) is 14.1. The second-order valence-electron chi connectivity index (χ2n) is 5.57. The molecule has 0 aliphatic carbocycles. The van der Waals surface area contributed by atoms with E-state index in [-0.39, 0.29) is 17.6 Å². The molecule has 0 spiro atoms. The summed E-state index contributed by atoms with van der Waals surface area (Å²) in [5.41, 5.74) is 2.04. The van der Waals surface area contributed by atoms with Gasteiger partial charge in [0.25, 0.3) is 0 Å². The van der Waals surface area contributed by atoms with Crippen molar-refractivity contribution in [1.29, 1.82) is 0 Å². The van der Waals surface area contributed by atoms with Crippen LogP contribution in [0.4, 0.5) is 4.39 Å². The number of nitrogens with one attached hydrogen (secondary N) is 1. The van der Waals surface area contributed by atoms with Gasteiger partial charge in [0.2, 0.25) is 5.91 Å². The maximum atomic E-state index is 12.9. The summed E-state index contributed by atoms with van der Waals surface area (Å²) in [6.45, 7) is 2.53. The fraction of sp³-hybridized carbons (Fsp3) is 0.316. The summed E-state index contributed by atoms with van der Waals surface area (Å²) in [4.78, 5) is 12.0. The van der Waals surface area contributed by atoms with E-state index in [4.69, 9.17) is 4.74 Å². The van der Waals surface area contributed by atoms with Crippen LogP contribution in [0.1, 0.15) is 30.4 Å². The van der Waals surface area contributed by atoms with Gasteiger partial charge < -0.3 is 10.1 Å². The van der Waals surface area contributed by atoms with Crippen molar-refractivity contribution in [2.45, 2.75) is 25.7 Å². The maximum absolute atomic E-state index is 12.9. The van der Waals surface area contributed by atoms with Gasteiger partial charge in [0.05, 0.1) is 7.11 Å². The minimum Gasteiger partial charge on any atom is -0.496 e. The van der Waals surface area contributed by atoms with Crippen molar-refractivity contribution >= 4 is 5.91 Å². The largest absolute Gasteiger partial charge is 0.496 e. The Kier molecular flexibility index (Phi) is 6.15. The van der Waals surface area contributed by atoms with Crippen LogP contribution in [0.3, 0.4) is 0 Å². The average molecular weight is 315 g/mol. The SMILES string of the molecule is COc1ccccc1CCNC(=O)CC(C)c1ccc(F)cc1. The van der Waals surface area contributed by atoms with Crippen LogP contribution >= 0.6 is 0 Å². The van der Waals surface area contributed by atoms with Crippen molar-refractivity contribution in [3.05, 3.63) is 65.5 Å². The van der Waals surface area contributed by atoms with Crippen molar-refractivity contribution < 1.29 is 13.9 Å². The van der Waals surface area contributed by atoms with Crippen molar-refractivity contribution in [2.24, 2.45) is 0 Å². The fourth-order valence-electron chi connectivity index (χ4n) is 2.51. The van der Waals surface area contributed by atoms with Crippen LogP contribution in [0.15, 0.2) is 48.5 Å². The van der Waals surface area contributed by atoms with Crippen LogP contribution in [-0.2, 0) is 11.2 Å². The smallest absolute Gasteiger partial charge is 0.220 e. The van der Waals surface area contributed by atoms with Crippen LogP contribution in [0.5, 0.6) is 5.75 Å². The lowest BCUT2D eigenvalue weighted by Crippen LogP contribution is -2.26. The molecule has 0 radical (unpaired) electrons. The molecule has 0 saturated carbocycles. The molecular formula is C19H22FNO2. The van der Waals surface area contributed by atoms with E-state index in [9.17, 15) is 9.18 Å². The first-order chi connectivity index (χ1) is 11.1. The molecule has 1 N–H and O–H groups in total. The second kappa shape index (κ2) is 8.32. The molecule has 2 rings (SSSR count). The summed E-state index contributed by atoms with van der Waals surface area (Å²) in [6.07, 6.45) is 1.11. The van der Waals surface area contributed by atoms with Crippen LogP contribution < -0.4 is 10.1 Å². The molecule has 2 aromatic carbocycles. The third kappa shape index (κ3) is 5.09. The van der Waals surface area contributed by atoms with Gasteiger partial charge in [-0.2, -0.15) is 0 Å². The first-order valence-electron chi connectivity index (χ1n) is 7.74. The molecule has 0 aliphatic heterocycles. The Morgan fingerprint density at radius 3 is 2.57 bits per heavy atom. The summed E-state index contributed by atoms with van der Waals surface area (Å²) >= 11 is 0. The lowest BCUT2D eigenvalue weighted by Gasteiger charge is -2.13.